The van der Waals surface area contributed by atoms with Gasteiger partial charge in [-0.1, -0.05) is 212 Å². The van der Waals surface area contributed by atoms with Crippen molar-refractivity contribution in [3.05, 3.63) is 253 Å². The number of hydrogen-bond acceptors (Lipinski definition) is 2. The van der Waals surface area contributed by atoms with Gasteiger partial charge >= 0.3 is 0 Å². The minimum Gasteiger partial charge on any atom is -0.261 e. The van der Waals surface area contributed by atoms with Crippen LogP contribution in [0.15, 0.2) is 246 Å². The number of hydrogen-bond donors (Lipinski definition) is 0. The van der Waals surface area contributed by atoms with Gasteiger partial charge in [0.05, 0.1) is 17.8 Å². The molecule has 64 heavy (non-hydrogen) atoms. The zero-order valence-electron chi connectivity index (χ0n) is 35.7. The molecule has 1 heterocycles. The van der Waals surface area contributed by atoms with Crippen LogP contribution in [-0.4, -0.2) is 23.4 Å². The molecule has 0 radical (unpaired) electrons. The van der Waals surface area contributed by atoms with Gasteiger partial charge in [0.1, 0.15) is 0 Å². The molecule has 0 aliphatic heterocycles. The quantitative estimate of drug-likeness (QED) is 0.0555. The monoisotopic (exact) mass is 822 g/mol. The van der Waals surface area contributed by atoms with E-state index in [4.69, 9.17) is 15.0 Å². The van der Waals surface area contributed by atoms with Gasteiger partial charge in [-0.15, -0.1) is 0 Å². The molecule has 0 saturated heterocycles. The Bertz CT molecular complexity index is 3230. The Morgan fingerprint density at radius 2 is 1.11 bits per heavy atom. The van der Waals surface area contributed by atoms with Crippen molar-refractivity contribution in [3.63, 3.8) is 0 Å². The van der Waals surface area contributed by atoms with E-state index in [1.807, 2.05) is 61.5 Å². The number of aromatic nitrogens is 1. The second-order valence-electron chi connectivity index (χ2n) is 15.4. The molecule has 1 aromatic heterocycles. The van der Waals surface area contributed by atoms with Crippen molar-refractivity contribution in [3.8, 4) is 44.6 Å². The first-order chi connectivity index (χ1) is 31.6. The fraction of sp³-hybridized carbons (Fsp3) is 0.0333. The second-order valence-corrected chi connectivity index (χ2v) is 15.4. The SMILES string of the molecule is C=N/C(=N\C(=N/Cc1cccc(-c2ccccc2)c1)c1ccc(-c2ccc(-c3cc(/C=C/C=C\C=C/C)c4c(ccc5ccccc54)n3)cc2)cc1)c1cccc(-c2ccccc2)c1. The third-order valence-corrected chi connectivity index (χ3v) is 11.2. The summed E-state index contributed by atoms with van der Waals surface area (Å²) in [6, 6.07) is 69.6. The lowest BCUT2D eigenvalue weighted by Gasteiger charge is -2.11. The van der Waals surface area contributed by atoms with Crippen LogP contribution in [0, 0.1) is 0 Å². The van der Waals surface area contributed by atoms with E-state index in [0.717, 1.165) is 72.2 Å². The number of nitrogens with zero attached hydrogens (tertiary/aromatic N) is 4. The van der Waals surface area contributed by atoms with E-state index in [0.29, 0.717) is 18.2 Å². The fourth-order valence-corrected chi connectivity index (χ4v) is 7.96. The molecule has 0 aliphatic carbocycles. The van der Waals surface area contributed by atoms with Gasteiger partial charge in [0.2, 0.25) is 0 Å². The van der Waals surface area contributed by atoms with E-state index >= 15 is 0 Å². The van der Waals surface area contributed by atoms with Gasteiger partial charge in [0.15, 0.2) is 11.7 Å². The van der Waals surface area contributed by atoms with Crippen LogP contribution >= 0.6 is 0 Å². The van der Waals surface area contributed by atoms with Gasteiger partial charge in [-0.3, -0.25) is 4.99 Å². The van der Waals surface area contributed by atoms with E-state index in [-0.39, 0.29) is 0 Å². The number of fused-ring (bicyclic) bond motifs is 3. The van der Waals surface area contributed by atoms with Crippen LogP contribution in [0.2, 0.25) is 0 Å². The molecule has 0 unspecified atom stereocenters. The van der Waals surface area contributed by atoms with Crippen molar-refractivity contribution >= 4 is 46.1 Å². The predicted molar refractivity (Wildman–Crippen MR) is 273 cm³/mol. The first-order valence-corrected chi connectivity index (χ1v) is 21.5. The molecule has 8 aromatic carbocycles. The Hall–Kier alpha value is -8.34. The highest BCUT2D eigenvalue weighted by atomic mass is 15.0. The van der Waals surface area contributed by atoms with Crippen LogP contribution in [0.4, 0.5) is 0 Å². The number of rotatable bonds is 11. The summed E-state index contributed by atoms with van der Waals surface area (Å²) in [6.45, 7) is 6.40. The normalized spacial score (nSPS) is 12.3. The largest absolute Gasteiger partial charge is 0.261 e. The van der Waals surface area contributed by atoms with Gasteiger partial charge < -0.3 is 0 Å². The lowest BCUT2D eigenvalue weighted by atomic mass is 9.97. The van der Waals surface area contributed by atoms with Crippen LogP contribution in [0.3, 0.4) is 0 Å². The number of aliphatic imine (C=N–C) groups is 3. The van der Waals surface area contributed by atoms with Crippen molar-refractivity contribution in [1.29, 1.82) is 0 Å². The van der Waals surface area contributed by atoms with Crippen molar-refractivity contribution in [2.45, 2.75) is 13.5 Å². The summed E-state index contributed by atoms with van der Waals surface area (Å²) in [7, 11) is 0. The summed E-state index contributed by atoms with van der Waals surface area (Å²) in [5.41, 5.74) is 13.6. The molecule has 9 aromatic rings. The Labute approximate surface area is 375 Å². The van der Waals surface area contributed by atoms with Crippen molar-refractivity contribution < 1.29 is 0 Å². The van der Waals surface area contributed by atoms with Gasteiger partial charge in [-0.05, 0) is 93.2 Å². The highest BCUT2D eigenvalue weighted by Crippen LogP contribution is 2.33. The minimum absolute atomic E-state index is 0.445. The van der Waals surface area contributed by atoms with E-state index in [1.165, 1.54) is 16.3 Å². The van der Waals surface area contributed by atoms with Crippen LogP contribution in [0.5, 0.6) is 0 Å². The number of pyridine rings is 1. The first-order valence-electron chi connectivity index (χ1n) is 21.5. The molecule has 4 heteroatoms. The minimum atomic E-state index is 0.445. The van der Waals surface area contributed by atoms with Crippen LogP contribution < -0.4 is 0 Å². The molecule has 0 bridgehead atoms. The summed E-state index contributed by atoms with van der Waals surface area (Å²) in [6.07, 6.45) is 12.4. The summed E-state index contributed by atoms with van der Waals surface area (Å²) in [4.78, 5) is 19.9. The second kappa shape index (κ2) is 19.6. The molecule has 4 nitrogen and oxygen atoms in total. The third kappa shape index (κ3) is 9.42. The van der Waals surface area contributed by atoms with Gasteiger partial charge in [-0.2, -0.15) is 0 Å². The maximum atomic E-state index is 5.18. The Kier molecular flexibility index (Phi) is 12.6. The number of allylic oxidation sites excluding steroid dienone is 5. The Balaban J connectivity index is 1.04. The van der Waals surface area contributed by atoms with Crippen LogP contribution in [0.25, 0.3) is 72.4 Å². The van der Waals surface area contributed by atoms with Crippen LogP contribution in [0.1, 0.15) is 29.2 Å². The molecule has 0 fully saturated rings. The average Bonchev–Trinajstić information content (AvgIpc) is 3.37. The molecule has 9 rings (SSSR count). The van der Waals surface area contributed by atoms with Crippen LogP contribution in [-0.2, 0) is 6.54 Å². The molecule has 0 aliphatic rings. The standard InChI is InChI=1S/C60H46N4/c1-3-4-5-6-9-24-53-41-57(63-56-38-37-48-23-14-15-28-55(48)58(53)56)49-33-29-46(30-34-49)47-31-35-50(36-32-47)60(62-42-43-18-16-25-51(39-43)44-19-10-7-11-20-44)64-59(61-2)54-27-17-26-52(40-54)45-21-12-8-13-22-45/h3-41H,2,42H2,1H3/b4-3-,6-5-,24-9+,62-60-,64-59-. The summed E-state index contributed by atoms with van der Waals surface area (Å²) in [5, 5.41) is 3.54. The molecule has 0 amide bonds. The zero-order valence-corrected chi connectivity index (χ0v) is 35.7. The topological polar surface area (TPSA) is 50.0 Å². The highest BCUT2D eigenvalue weighted by molar-refractivity contribution is 6.13. The van der Waals surface area contributed by atoms with E-state index in [1.54, 1.807) is 0 Å². The zero-order chi connectivity index (χ0) is 43.5. The maximum Gasteiger partial charge on any atom is 0.161 e. The van der Waals surface area contributed by atoms with Gasteiger partial charge in [0.25, 0.3) is 0 Å². The first kappa shape index (κ1) is 41.0. The smallest absolute Gasteiger partial charge is 0.161 e. The molecular formula is C60H46N4. The maximum absolute atomic E-state index is 5.18. The molecule has 0 atom stereocenters. The molecule has 0 spiro atoms. The average molecular weight is 823 g/mol. The molecule has 306 valence electrons. The lowest BCUT2D eigenvalue weighted by Crippen LogP contribution is -2.06. The summed E-state index contributed by atoms with van der Waals surface area (Å²) < 4.78 is 0. The van der Waals surface area contributed by atoms with Gasteiger partial charge in [0, 0.05) is 22.1 Å². The van der Waals surface area contributed by atoms with Gasteiger partial charge in [-0.25, -0.2) is 15.0 Å². The Morgan fingerprint density at radius 3 is 1.83 bits per heavy atom. The molecule has 0 saturated carbocycles. The van der Waals surface area contributed by atoms with E-state index in [2.05, 4.69) is 194 Å². The number of amidine groups is 2. The molecular weight excluding hydrogens is 777 g/mol. The third-order valence-electron chi connectivity index (χ3n) is 11.2. The number of benzene rings is 8. The van der Waals surface area contributed by atoms with E-state index in [9.17, 15) is 0 Å². The van der Waals surface area contributed by atoms with Crippen molar-refractivity contribution in [1.82, 2.24) is 4.98 Å². The molecule has 0 N–H and O–H groups in total. The predicted octanol–water partition coefficient (Wildman–Crippen LogP) is 15.3. The van der Waals surface area contributed by atoms with Crippen molar-refractivity contribution in [2.75, 3.05) is 0 Å². The Morgan fingerprint density at radius 1 is 0.500 bits per heavy atom. The fourth-order valence-electron chi connectivity index (χ4n) is 7.96. The summed E-state index contributed by atoms with van der Waals surface area (Å²) >= 11 is 0. The highest BCUT2D eigenvalue weighted by Gasteiger charge is 2.13. The summed E-state index contributed by atoms with van der Waals surface area (Å²) in [5.74, 6) is 1.09. The van der Waals surface area contributed by atoms with E-state index < -0.39 is 0 Å². The lowest BCUT2D eigenvalue weighted by molar-refractivity contribution is 1.06. The van der Waals surface area contributed by atoms with Crippen molar-refractivity contribution in [2.24, 2.45) is 15.0 Å².